The van der Waals surface area contributed by atoms with Crippen molar-refractivity contribution >= 4 is 11.5 Å². The lowest BCUT2D eigenvalue weighted by molar-refractivity contribution is 0.996. The summed E-state index contributed by atoms with van der Waals surface area (Å²) in [6, 6.07) is 19.8. The molecule has 94 valence electrons. The molecule has 0 saturated carbocycles. The molecule has 0 atom stereocenters. The normalized spacial score (nSPS) is 10.4. The molecule has 0 radical (unpaired) electrons. The summed E-state index contributed by atoms with van der Waals surface area (Å²) >= 11 is 0. The lowest BCUT2D eigenvalue weighted by atomic mass is 10.1. The van der Waals surface area contributed by atoms with Crippen molar-refractivity contribution in [3.05, 3.63) is 66.9 Å². The molecule has 0 spiro atoms. The number of nitrogens with two attached hydrogens (primary N) is 1. The number of H-pyrrole nitrogens is 1. The van der Waals surface area contributed by atoms with E-state index >= 15 is 0 Å². The third-order valence-electron chi connectivity index (χ3n) is 2.98. The van der Waals surface area contributed by atoms with E-state index < -0.39 is 0 Å². The van der Waals surface area contributed by atoms with Crippen LogP contribution in [0.25, 0.3) is 11.1 Å². The van der Waals surface area contributed by atoms with Gasteiger partial charge in [0.05, 0.1) is 11.9 Å². The molecule has 2 aromatic carbocycles. The molecule has 0 saturated heterocycles. The van der Waals surface area contributed by atoms with Gasteiger partial charge >= 0.3 is 0 Å². The molecule has 4 nitrogen and oxygen atoms in total. The highest BCUT2D eigenvalue weighted by atomic mass is 15.5. The number of hydrazine groups is 1. The summed E-state index contributed by atoms with van der Waals surface area (Å²) < 4.78 is 0. The molecule has 3 rings (SSSR count). The second-order valence-corrected chi connectivity index (χ2v) is 4.20. The van der Waals surface area contributed by atoms with Crippen LogP contribution in [0.5, 0.6) is 0 Å². The van der Waals surface area contributed by atoms with Crippen molar-refractivity contribution in [3.8, 4) is 11.1 Å². The maximum absolute atomic E-state index is 6.16. The van der Waals surface area contributed by atoms with Crippen LogP contribution in [0.3, 0.4) is 0 Å². The van der Waals surface area contributed by atoms with Gasteiger partial charge in [-0.2, -0.15) is 5.10 Å². The van der Waals surface area contributed by atoms with E-state index in [1.54, 1.807) is 11.2 Å². The van der Waals surface area contributed by atoms with Gasteiger partial charge in [0.15, 0.2) is 5.82 Å². The quantitative estimate of drug-likeness (QED) is 0.554. The molecule has 0 bridgehead atoms. The zero-order valence-corrected chi connectivity index (χ0v) is 10.3. The molecular formula is C15H14N4. The maximum atomic E-state index is 6.16. The average Bonchev–Trinajstić information content (AvgIpc) is 2.98. The Morgan fingerprint density at radius 2 is 1.53 bits per heavy atom. The number of nitrogens with one attached hydrogen (secondary N) is 1. The van der Waals surface area contributed by atoms with Crippen LogP contribution in [0.15, 0.2) is 66.9 Å². The number of anilines is 2. The lowest BCUT2D eigenvalue weighted by Crippen LogP contribution is -2.25. The van der Waals surface area contributed by atoms with E-state index in [4.69, 9.17) is 5.84 Å². The van der Waals surface area contributed by atoms with Crippen LogP contribution in [0.4, 0.5) is 11.5 Å². The summed E-state index contributed by atoms with van der Waals surface area (Å²) in [6.07, 6.45) is 1.79. The van der Waals surface area contributed by atoms with E-state index in [0.717, 1.165) is 22.6 Å². The fourth-order valence-electron chi connectivity index (χ4n) is 2.01. The number of hydrogen-bond acceptors (Lipinski definition) is 3. The van der Waals surface area contributed by atoms with Crippen LogP contribution < -0.4 is 10.9 Å². The number of aromatic nitrogens is 2. The smallest absolute Gasteiger partial charge is 0.151 e. The number of aromatic amines is 1. The van der Waals surface area contributed by atoms with E-state index in [2.05, 4.69) is 10.2 Å². The van der Waals surface area contributed by atoms with Crippen molar-refractivity contribution in [2.24, 2.45) is 5.84 Å². The summed E-state index contributed by atoms with van der Waals surface area (Å²) in [7, 11) is 0. The zero-order valence-electron chi connectivity index (χ0n) is 10.3. The summed E-state index contributed by atoms with van der Waals surface area (Å²) in [6.45, 7) is 0. The molecule has 0 amide bonds. The van der Waals surface area contributed by atoms with Gasteiger partial charge in [0.25, 0.3) is 0 Å². The van der Waals surface area contributed by atoms with Crippen LogP contribution >= 0.6 is 0 Å². The molecule has 0 unspecified atom stereocenters. The SMILES string of the molecule is NN(c1ccccc1)c1[nH]ncc1-c1ccccc1. The minimum Gasteiger partial charge on any atom is -0.262 e. The third-order valence-corrected chi connectivity index (χ3v) is 2.98. The predicted octanol–water partition coefficient (Wildman–Crippen LogP) is 3.09. The highest BCUT2D eigenvalue weighted by Crippen LogP contribution is 2.30. The first kappa shape index (κ1) is 11.5. The number of para-hydroxylation sites is 1. The van der Waals surface area contributed by atoms with E-state index in [9.17, 15) is 0 Å². The topological polar surface area (TPSA) is 57.9 Å². The van der Waals surface area contributed by atoms with Crippen LogP contribution in [-0.2, 0) is 0 Å². The minimum absolute atomic E-state index is 0.775. The van der Waals surface area contributed by atoms with Crippen molar-refractivity contribution in [3.63, 3.8) is 0 Å². The Balaban J connectivity index is 2.01. The van der Waals surface area contributed by atoms with Gasteiger partial charge in [-0.25, -0.2) is 5.84 Å². The molecule has 0 aliphatic heterocycles. The monoisotopic (exact) mass is 250 g/mol. The van der Waals surface area contributed by atoms with Gasteiger partial charge in [-0.05, 0) is 17.7 Å². The molecule has 4 heteroatoms. The number of rotatable bonds is 3. The fraction of sp³-hybridized carbons (Fsp3) is 0. The van der Waals surface area contributed by atoms with Gasteiger partial charge in [-0.15, -0.1) is 0 Å². The molecule has 0 aliphatic rings. The molecule has 3 N–H and O–H groups in total. The Labute approximate surface area is 111 Å². The second kappa shape index (κ2) is 4.96. The highest BCUT2D eigenvalue weighted by Gasteiger charge is 2.13. The Hall–Kier alpha value is -2.59. The van der Waals surface area contributed by atoms with E-state index in [1.807, 2.05) is 60.7 Å². The highest BCUT2D eigenvalue weighted by molar-refractivity contribution is 5.78. The van der Waals surface area contributed by atoms with Crippen molar-refractivity contribution in [2.45, 2.75) is 0 Å². The van der Waals surface area contributed by atoms with E-state index in [1.165, 1.54) is 0 Å². The molecule has 1 aromatic heterocycles. The van der Waals surface area contributed by atoms with Crippen molar-refractivity contribution in [1.82, 2.24) is 10.2 Å². The number of hydrogen-bond donors (Lipinski definition) is 2. The summed E-state index contributed by atoms with van der Waals surface area (Å²) in [5.74, 6) is 6.94. The standard InChI is InChI=1S/C15H14N4/c16-19(13-9-5-2-6-10-13)15-14(11-17-18-15)12-7-3-1-4-8-12/h1-11H,16H2,(H,17,18). The summed E-state index contributed by atoms with van der Waals surface area (Å²) in [5, 5.41) is 8.66. The molecule has 0 aliphatic carbocycles. The Kier molecular flexibility index (Phi) is 3.00. The van der Waals surface area contributed by atoms with Crippen molar-refractivity contribution < 1.29 is 0 Å². The third kappa shape index (κ3) is 2.21. The number of benzene rings is 2. The fourth-order valence-corrected chi connectivity index (χ4v) is 2.01. The van der Waals surface area contributed by atoms with Crippen molar-refractivity contribution in [1.29, 1.82) is 0 Å². The van der Waals surface area contributed by atoms with Crippen LogP contribution in [0.2, 0.25) is 0 Å². The zero-order chi connectivity index (χ0) is 13.1. The molecular weight excluding hydrogens is 236 g/mol. The Morgan fingerprint density at radius 3 is 2.21 bits per heavy atom. The lowest BCUT2D eigenvalue weighted by Gasteiger charge is -2.18. The van der Waals surface area contributed by atoms with Gasteiger partial charge in [-0.3, -0.25) is 10.1 Å². The Morgan fingerprint density at radius 1 is 0.895 bits per heavy atom. The van der Waals surface area contributed by atoms with E-state index in [0.29, 0.717) is 0 Å². The minimum atomic E-state index is 0.775. The van der Waals surface area contributed by atoms with E-state index in [-0.39, 0.29) is 0 Å². The Bertz CT molecular complexity index is 646. The van der Waals surface area contributed by atoms with Crippen molar-refractivity contribution in [2.75, 3.05) is 5.01 Å². The first-order chi connectivity index (χ1) is 9.36. The summed E-state index contributed by atoms with van der Waals surface area (Å²) in [5.41, 5.74) is 2.97. The van der Waals surface area contributed by atoms with Crippen LogP contribution in [-0.4, -0.2) is 10.2 Å². The number of nitrogens with zero attached hydrogens (tertiary/aromatic N) is 2. The van der Waals surface area contributed by atoms with Crippen LogP contribution in [0.1, 0.15) is 0 Å². The van der Waals surface area contributed by atoms with Crippen LogP contribution in [0, 0.1) is 0 Å². The van der Waals surface area contributed by atoms with Gasteiger partial charge in [0.2, 0.25) is 0 Å². The molecule has 19 heavy (non-hydrogen) atoms. The second-order valence-electron chi connectivity index (χ2n) is 4.20. The predicted molar refractivity (Wildman–Crippen MR) is 76.8 cm³/mol. The molecule has 0 fully saturated rings. The van der Waals surface area contributed by atoms with Gasteiger partial charge in [-0.1, -0.05) is 48.5 Å². The van der Waals surface area contributed by atoms with Gasteiger partial charge in [0.1, 0.15) is 0 Å². The first-order valence-corrected chi connectivity index (χ1v) is 6.05. The maximum Gasteiger partial charge on any atom is 0.151 e. The molecule has 1 heterocycles. The summed E-state index contributed by atoms with van der Waals surface area (Å²) in [4.78, 5) is 0. The van der Waals surface area contributed by atoms with Gasteiger partial charge < -0.3 is 0 Å². The first-order valence-electron chi connectivity index (χ1n) is 6.05. The molecule has 3 aromatic rings. The largest absolute Gasteiger partial charge is 0.262 e. The van der Waals surface area contributed by atoms with Gasteiger partial charge in [0, 0.05) is 5.56 Å². The average molecular weight is 250 g/mol.